The van der Waals surface area contributed by atoms with Crippen molar-refractivity contribution in [3.8, 4) is 0 Å². The average molecular weight is 340 g/mol. The summed E-state index contributed by atoms with van der Waals surface area (Å²) in [5, 5.41) is 0. The largest absolute Gasteiger partial charge is 0.416 e. The van der Waals surface area contributed by atoms with Gasteiger partial charge in [-0.1, -0.05) is 12.1 Å². The molecule has 1 aromatic rings. The number of carbonyl (C=O) groups is 1. The molecule has 24 heavy (non-hydrogen) atoms. The second kappa shape index (κ2) is 7.13. The molecule has 0 N–H and O–H groups in total. The summed E-state index contributed by atoms with van der Waals surface area (Å²) in [6.45, 7) is 3.79. The van der Waals surface area contributed by atoms with Crippen molar-refractivity contribution < 1.29 is 18.0 Å². The quantitative estimate of drug-likeness (QED) is 0.843. The van der Waals surface area contributed by atoms with Crippen molar-refractivity contribution in [2.75, 3.05) is 26.2 Å². The number of nitrogens with zero attached hydrogens (tertiary/aromatic N) is 2. The summed E-state index contributed by atoms with van der Waals surface area (Å²) in [7, 11) is 0. The second-order valence-electron chi connectivity index (χ2n) is 6.72. The predicted molar refractivity (Wildman–Crippen MR) is 85.6 cm³/mol. The number of amides is 1. The third-order valence-corrected chi connectivity index (χ3v) is 5.07. The molecule has 2 fully saturated rings. The molecule has 6 heteroatoms. The Kier molecular flexibility index (Phi) is 5.13. The van der Waals surface area contributed by atoms with Gasteiger partial charge in [0.1, 0.15) is 0 Å². The maximum Gasteiger partial charge on any atom is 0.416 e. The van der Waals surface area contributed by atoms with Crippen LogP contribution in [0.1, 0.15) is 36.8 Å². The fourth-order valence-electron chi connectivity index (χ4n) is 3.70. The highest BCUT2D eigenvalue weighted by molar-refractivity contribution is 5.76. The number of alkyl halides is 3. The van der Waals surface area contributed by atoms with Crippen LogP contribution in [0.4, 0.5) is 13.2 Å². The lowest BCUT2D eigenvalue weighted by Crippen LogP contribution is -2.39. The van der Waals surface area contributed by atoms with Gasteiger partial charge in [0.25, 0.3) is 0 Å². The van der Waals surface area contributed by atoms with Crippen molar-refractivity contribution in [3.63, 3.8) is 0 Å². The molecule has 3 rings (SSSR count). The van der Waals surface area contributed by atoms with Crippen LogP contribution in [0.2, 0.25) is 0 Å². The maximum atomic E-state index is 12.6. The van der Waals surface area contributed by atoms with Gasteiger partial charge in [-0.3, -0.25) is 9.69 Å². The summed E-state index contributed by atoms with van der Waals surface area (Å²) in [5.74, 6) is 0.114. The van der Waals surface area contributed by atoms with Crippen LogP contribution in [0.3, 0.4) is 0 Å². The molecular weight excluding hydrogens is 317 g/mol. The van der Waals surface area contributed by atoms with E-state index in [1.54, 1.807) is 0 Å². The Morgan fingerprint density at radius 3 is 2.50 bits per heavy atom. The number of aryl methyl sites for hydroxylation is 1. The first-order valence-corrected chi connectivity index (χ1v) is 8.61. The van der Waals surface area contributed by atoms with Crippen LogP contribution < -0.4 is 0 Å². The summed E-state index contributed by atoms with van der Waals surface area (Å²) in [6.07, 6.45) is -0.100. The molecule has 2 heterocycles. The topological polar surface area (TPSA) is 23.6 Å². The molecule has 0 saturated carbocycles. The molecule has 0 aromatic heterocycles. The van der Waals surface area contributed by atoms with Crippen molar-refractivity contribution in [2.24, 2.45) is 0 Å². The minimum Gasteiger partial charge on any atom is -0.341 e. The monoisotopic (exact) mass is 340 g/mol. The average Bonchev–Trinajstić information content (AvgIpc) is 2.89. The second-order valence-corrected chi connectivity index (χ2v) is 6.72. The van der Waals surface area contributed by atoms with Crippen molar-refractivity contribution in [1.82, 2.24) is 9.80 Å². The van der Waals surface area contributed by atoms with E-state index in [0.29, 0.717) is 18.9 Å². The molecule has 0 aliphatic carbocycles. The molecule has 1 amide bonds. The molecule has 0 bridgehead atoms. The fraction of sp³-hybridized carbons (Fsp3) is 0.611. The van der Waals surface area contributed by atoms with E-state index in [2.05, 4.69) is 4.90 Å². The van der Waals surface area contributed by atoms with Gasteiger partial charge in [0, 0.05) is 32.1 Å². The minimum atomic E-state index is -4.31. The standard InChI is InChI=1S/C18H23F3N2O/c19-18(20,21)15-7-4-14(5-8-15)6-9-17(24)23-12-2-11-22-10-1-3-16(22)13-23/h4-5,7-8,16H,1-3,6,9-13H2/t16-/m1/s1. The molecule has 0 spiro atoms. The molecule has 132 valence electrons. The van der Waals surface area contributed by atoms with E-state index >= 15 is 0 Å². The Morgan fingerprint density at radius 1 is 1.08 bits per heavy atom. The molecule has 0 unspecified atom stereocenters. The van der Waals surface area contributed by atoms with Gasteiger partial charge in [-0.05, 0) is 49.9 Å². The van der Waals surface area contributed by atoms with Gasteiger partial charge in [-0.15, -0.1) is 0 Å². The summed E-state index contributed by atoms with van der Waals surface area (Å²) >= 11 is 0. The Hall–Kier alpha value is -1.56. The Bertz CT molecular complexity index is 571. The van der Waals surface area contributed by atoms with Gasteiger partial charge in [-0.2, -0.15) is 13.2 Å². The molecule has 1 aromatic carbocycles. The number of halogens is 3. The minimum absolute atomic E-state index is 0.114. The molecule has 1 atom stereocenters. The van der Waals surface area contributed by atoms with E-state index in [-0.39, 0.29) is 5.91 Å². The first kappa shape index (κ1) is 17.3. The van der Waals surface area contributed by atoms with Gasteiger partial charge in [0.2, 0.25) is 5.91 Å². The van der Waals surface area contributed by atoms with E-state index in [0.717, 1.165) is 56.7 Å². The van der Waals surface area contributed by atoms with Crippen molar-refractivity contribution in [2.45, 2.75) is 44.3 Å². The third kappa shape index (κ3) is 4.09. The fourth-order valence-corrected chi connectivity index (χ4v) is 3.70. The first-order valence-electron chi connectivity index (χ1n) is 8.61. The SMILES string of the molecule is O=C(CCc1ccc(C(F)(F)F)cc1)N1CCCN2CCC[C@@H]2C1. The highest BCUT2D eigenvalue weighted by Crippen LogP contribution is 2.29. The van der Waals surface area contributed by atoms with Crippen LogP contribution in [0, 0.1) is 0 Å². The highest BCUT2D eigenvalue weighted by Gasteiger charge is 2.31. The lowest BCUT2D eigenvalue weighted by molar-refractivity contribution is -0.137. The van der Waals surface area contributed by atoms with Gasteiger partial charge in [0.05, 0.1) is 5.56 Å². The lowest BCUT2D eigenvalue weighted by Gasteiger charge is -2.25. The van der Waals surface area contributed by atoms with Crippen LogP contribution in [-0.2, 0) is 17.4 Å². The van der Waals surface area contributed by atoms with Crippen molar-refractivity contribution >= 4 is 5.91 Å². The smallest absolute Gasteiger partial charge is 0.341 e. The summed E-state index contributed by atoms with van der Waals surface area (Å²) in [4.78, 5) is 16.9. The normalized spacial score (nSPS) is 22.3. The number of hydrogen-bond donors (Lipinski definition) is 0. The van der Waals surface area contributed by atoms with Gasteiger partial charge in [-0.25, -0.2) is 0 Å². The Morgan fingerprint density at radius 2 is 1.79 bits per heavy atom. The van der Waals surface area contributed by atoms with Crippen LogP contribution in [0.25, 0.3) is 0 Å². The van der Waals surface area contributed by atoms with Gasteiger partial charge in [0.15, 0.2) is 0 Å². The highest BCUT2D eigenvalue weighted by atomic mass is 19.4. The van der Waals surface area contributed by atoms with E-state index in [9.17, 15) is 18.0 Å². The lowest BCUT2D eigenvalue weighted by atomic mass is 10.1. The van der Waals surface area contributed by atoms with E-state index in [1.807, 2.05) is 4.90 Å². The number of hydrogen-bond acceptors (Lipinski definition) is 2. The number of carbonyl (C=O) groups excluding carboxylic acids is 1. The summed E-state index contributed by atoms with van der Waals surface area (Å²) < 4.78 is 37.7. The van der Waals surface area contributed by atoms with Crippen LogP contribution in [0.5, 0.6) is 0 Å². The Balaban J connectivity index is 1.53. The molecule has 0 radical (unpaired) electrons. The zero-order valence-corrected chi connectivity index (χ0v) is 13.7. The zero-order valence-electron chi connectivity index (χ0n) is 13.7. The maximum absolute atomic E-state index is 12.6. The molecule has 3 nitrogen and oxygen atoms in total. The van der Waals surface area contributed by atoms with E-state index < -0.39 is 11.7 Å². The number of benzene rings is 1. The van der Waals surface area contributed by atoms with Gasteiger partial charge < -0.3 is 4.90 Å². The molecule has 2 aliphatic heterocycles. The molecule has 2 saturated heterocycles. The molecular formula is C18H23F3N2O. The van der Waals surface area contributed by atoms with E-state index in [1.165, 1.54) is 18.6 Å². The van der Waals surface area contributed by atoms with Crippen LogP contribution in [0.15, 0.2) is 24.3 Å². The number of fused-ring (bicyclic) bond motifs is 1. The van der Waals surface area contributed by atoms with Gasteiger partial charge >= 0.3 is 6.18 Å². The zero-order chi connectivity index (χ0) is 17.2. The summed E-state index contributed by atoms with van der Waals surface area (Å²) in [6, 6.07) is 5.60. The molecule has 2 aliphatic rings. The predicted octanol–water partition coefficient (Wildman–Crippen LogP) is 3.33. The van der Waals surface area contributed by atoms with Crippen LogP contribution >= 0.6 is 0 Å². The van der Waals surface area contributed by atoms with Crippen molar-refractivity contribution in [3.05, 3.63) is 35.4 Å². The van der Waals surface area contributed by atoms with Crippen molar-refractivity contribution in [1.29, 1.82) is 0 Å². The van der Waals surface area contributed by atoms with E-state index in [4.69, 9.17) is 0 Å². The summed E-state index contributed by atoms with van der Waals surface area (Å²) in [5.41, 5.74) is 0.125. The third-order valence-electron chi connectivity index (χ3n) is 5.07. The van der Waals surface area contributed by atoms with Crippen LogP contribution in [-0.4, -0.2) is 47.9 Å². The Labute approximate surface area is 140 Å². The number of rotatable bonds is 3. The first-order chi connectivity index (χ1) is 11.4.